The van der Waals surface area contributed by atoms with Gasteiger partial charge in [-0.3, -0.25) is 0 Å². The average molecular weight is 201 g/mol. The molecule has 1 unspecified atom stereocenters. The maximum atomic E-state index is 13.0. The second-order valence-electron chi connectivity index (χ2n) is 2.63. The highest BCUT2D eigenvalue weighted by Gasteiger charge is 2.20. The molecule has 0 aliphatic carbocycles. The molecule has 0 bridgehead atoms. The van der Waals surface area contributed by atoms with E-state index in [-0.39, 0.29) is 0 Å². The minimum atomic E-state index is -1.64. The molecule has 0 saturated heterocycles. The molecule has 0 aliphatic heterocycles. The molecule has 14 heavy (non-hydrogen) atoms. The lowest BCUT2D eigenvalue weighted by Crippen LogP contribution is -2.05. The van der Waals surface area contributed by atoms with Crippen LogP contribution in [0.5, 0.6) is 0 Å². The number of benzene rings is 1. The zero-order valence-corrected chi connectivity index (χ0v) is 6.97. The van der Waals surface area contributed by atoms with Crippen LogP contribution in [-0.4, -0.2) is 5.11 Å². The third-order valence-electron chi connectivity index (χ3n) is 1.70. The second-order valence-corrected chi connectivity index (χ2v) is 2.63. The lowest BCUT2D eigenvalue weighted by molar-refractivity contribution is 0.171. The first-order valence-corrected chi connectivity index (χ1v) is 3.76. The van der Waals surface area contributed by atoms with Gasteiger partial charge in [-0.2, -0.15) is 5.26 Å². The van der Waals surface area contributed by atoms with Gasteiger partial charge in [0.15, 0.2) is 11.6 Å². The van der Waals surface area contributed by atoms with Crippen molar-refractivity contribution in [1.29, 1.82) is 5.26 Å². The number of hydrogen-bond acceptors (Lipinski definition) is 2. The summed E-state index contributed by atoms with van der Waals surface area (Å²) in [7, 11) is 0. The van der Waals surface area contributed by atoms with Crippen molar-refractivity contribution in [3.05, 3.63) is 35.1 Å². The second kappa shape index (κ2) is 4.11. The standard InChI is InChI=1S/C9H6F3NO/c10-5-1-2-6(11)9(12)8(5)7(14)3-4-13/h1-2,7,14H,3H2. The van der Waals surface area contributed by atoms with Crippen molar-refractivity contribution in [2.45, 2.75) is 12.5 Å². The van der Waals surface area contributed by atoms with Crippen molar-refractivity contribution in [2.75, 3.05) is 0 Å². The SMILES string of the molecule is N#CCC(O)c1c(F)ccc(F)c1F. The molecule has 2 nitrogen and oxygen atoms in total. The lowest BCUT2D eigenvalue weighted by Gasteiger charge is -2.09. The van der Waals surface area contributed by atoms with Gasteiger partial charge in [-0.15, -0.1) is 0 Å². The molecule has 1 N–H and O–H groups in total. The van der Waals surface area contributed by atoms with Crippen molar-refractivity contribution in [3.63, 3.8) is 0 Å². The number of nitriles is 1. The summed E-state index contributed by atoms with van der Waals surface area (Å²) in [5.74, 6) is -3.77. The zero-order valence-electron chi connectivity index (χ0n) is 6.97. The molecule has 74 valence electrons. The molecule has 0 aromatic heterocycles. The van der Waals surface area contributed by atoms with Gasteiger partial charge in [0.1, 0.15) is 5.82 Å². The van der Waals surface area contributed by atoms with Gasteiger partial charge < -0.3 is 5.11 Å². The Morgan fingerprint density at radius 1 is 1.29 bits per heavy atom. The van der Waals surface area contributed by atoms with Gasteiger partial charge >= 0.3 is 0 Å². The van der Waals surface area contributed by atoms with Crippen molar-refractivity contribution in [2.24, 2.45) is 0 Å². The van der Waals surface area contributed by atoms with Crippen LogP contribution in [0.2, 0.25) is 0 Å². The molecule has 1 aromatic carbocycles. The maximum absolute atomic E-state index is 13.0. The number of halogens is 3. The molecule has 0 aliphatic rings. The molecular weight excluding hydrogens is 195 g/mol. The van der Waals surface area contributed by atoms with Crippen molar-refractivity contribution in [3.8, 4) is 6.07 Å². The summed E-state index contributed by atoms with van der Waals surface area (Å²) in [4.78, 5) is 0. The quantitative estimate of drug-likeness (QED) is 0.744. The fraction of sp³-hybridized carbons (Fsp3) is 0.222. The van der Waals surface area contributed by atoms with Crippen LogP contribution >= 0.6 is 0 Å². The third-order valence-corrected chi connectivity index (χ3v) is 1.70. The molecule has 5 heteroatoms. The predicted octanol–water partition coefficient (Wildman–Crippen LogP) is 2.05. The Bertz CT molecular complexity index is 386. The summed E-state index contributed by atoms with van der Waals surface area (Å²) in [6.07, 6.45) is -2.13. The van der Waals surface area contributed by atoms with Gasteiger partial charge in [-0.25, -0.2) is 13.2 Å². The first kappa shape index (κ1) is 10.5. The molecular formula is C9H6F3NO. The Morgan fingerprint density at radius 3 is 2.43 bits per heavy atom. The lowest BCUT2D eigenvalue weighted by atomic mass is 10.1. The Labute approximate surface area is 78.2 Å². The molecule has 0 radical (unpaired) electrons. The minimum Gasteiger partial charge on any atom is -0.387 e. The largest absolute Gasteiger partial charge is 0.387 e. The predicted molar refractivity (Wildman–Crippen MR) is 41.5 cm³/mol. The summed E-state index contributed by atoms with van der Waals surface area (Å²) in [5.41, 5.74) is -0.799. The third kappa shape index (κ3) is 1.86. The number of nitrogens with zero attached hydrogens (tertiary/aromatic N) is 1. The normalized spacial score (nSPS) is 12.2. The number of aliphatic hydroxyl groups is 1. The summed E-state index contributed by atoms with van der Waals surface area (Å²) in [5, 5.41) is 17.3. The van der Waals surface area contributed by atoms with Crippen molar-refractivity contribution >= 4 is 0 Å². The van der Waals surface area contributed by atoms with Crippen molar-refractivity contribution in [1.82, 2.24) is 0 Å². The minimum absolute atomic E-state index is 0.489. The number of rotatable bonds is 2. The van der Waals surface area contributed by atoms with Gasteiger partial charge in [-0.1, -0.05) is 0 Å². The Morgan fingerprint density at radius 2 is 1.86 bits per heavy atom. The molecule has 1 atom stereocenters. The Hall–Kier alpha value is -1.54. The van der Waals surface area contributed by atoms with E-state index in [0.717, 1.165) is 0 Å². The van der Waals surface area contributed by atoms with Gasteiger partial charge in [0.25, 0.3) is 0 Å². The Balaban J connectivity index is 3.19. The highest BCUT2D eigenvalue weighted by atomic mass is 19.2. The molecule has 1 aromatic rings. The smallest absolute Gasteiger partial charge is 0.167 e. The molecule has 0 amide bonds. The van der Waals surface area contributed by atoms with E-state index in [9.17, 15) is 13.2 Å². The molecule has 0 heterocycles. The first-order valence-electron chi connectivity index (χ1n) is 3.76. The van der Waals surface area contributed by atoms with Crippen molar-refractivity contribution < 1.29 is 18.3 Å². The molecule has 1 rings (SSSR count). The van der Waals surface area contributed by atoms with E-state index in [1.165, 1.54) is 6.07 Å². The van der Waals surface area contributed by atoms with E-state index < -0.39 is 35.5 Å². The summed E-state index contributed by atoms with van der Waals surface area (Å²) in [6, 6.07) is 2.86. The maximum Gasteiger partial charge on any atom is 0.167 e. The molecule has 0 fully saturated rings. The van der Waals surface area contributed by atoms with Crippen LogP contribution in [0.25, 0.3) is 0 Å². The zero-order chi connectivity index (χ0) is 10.7. The number of aliphatic hydroxyl groups excluding tert-OH is 1. The fourth-order valence-electron chi connectivity index (χ4n) is 1.04. The van der Waals surface area contributed by atoms with E-state index in [2.05, 4.69) is 0 Å². The van der Waals surface area contributed by atoms with E-state index in [4.69, 9.17) is 10.4 Å². The number of hydrogen-bond donors (Lipinski definition) is 1. The van der Waals surface area contributed by atoms with Crippen LogP contribution in [0.15, 0.2) is 12.1 Å². The van der Waals surface area contributed by atoms with E-state index in [1.54, 1.807) is 0 Å². The monoisotopic (exact) mass is 201 g/mol. The molecule has 0 spiro atoms. The topological polar surface area (TPSA) is 44.0 Å². The van der Waals surface area contributed by atoms with E-state index in [0.29, 0.717) is 12.1 Å². The van der Waals surface area contributed by atoms with E-state index in [1.807, 2.05) is 0 Å². The first-order chi connectivity index (χ1) is 6.57. The summed E-state index contributed by atoms with van der Waals surface area (Å²) < 4.78 is 38.5. The van der Waals surface area contributed by atoms with Crippen LogP contribution < -0.4 is 0 Å². The van der Waals surface area contributed by atoms with Gasteiger partial charge in [-0.05, 0) is 12.1 Å². The van der Waals surface area contributed by atoms with E-state index >= 15 is 0 Å². The average Bonchev–Trinajstić information content (AvgIpc) is 2.13. The van der Waals surface area contributed by atoms with Crippen LogP contribution in [0.1, 0.15) is 18.1 Å². The van der Waals surface area contributed by atoms with Gasteiger partial charge in [0.2, 0.25) is 0 Å². The highest BCUT2D eigenvalue weighted by Crippen LogP contribution is 2.24. The van der Waals surface area contributed by atoms with Crippen LogP contribution in [0.4, 0.5) is 13.2 Å². The Kier molecular flexibility index (Phi) is 3.10. The van der Waals surface area contributed by atoms with Crippen LogP contribution in [0.3, 0.4) is 0 Å². The molecule has 0 saturated carbocycles. The highest BCUT2D eigenvalue weighted by molar-refractivity contribution is 5.23. The van der Waals surface area contributed by atoms with Gasteiger partial charge in [0.05, 0.1) is 24.2 Å². The van der Waals surface area contributed by atoms with Gasteiger partial charge in [0, 0.05) is 0 Å². The van der Waals surface area contributed by atoms with Crippen LogP contribution in [-0.2, 0) is 0 Å². The fourth-order valence-corrected chi connectivity index (χ4v) is 1.04. The summed E-state index contributed by atoms with van der Waals surface area (Å²) >= 11 is 0. The van der Waals surface area contributed by atoms with Crippen LogP contribution in [0, 0.1) is 28.8 Å². The summed E-state index contributed by atoms with van der Waals surface area (Å²) in [6.45, 7) is 0.